The fraction of sp³-hybridized carbons (Fsp3) is 1.00. The van der Waals surface area contributed by atoms with E-state index >= 15 is 0 Å². The minimum Gasteiger partial charge on any atom is -0.420 e. The Labute approximate surface area is 88.9 Å². The van der Waals surface area contributed by atoms with Crippen molar-refractivity contribution in [3.05, 3.63) is 0 Å². The van der Waals surface area contributed by atoms with E-state index in [1.54, 1.807) is 7.11 Å². The third kappa shape index (κ3) is 8.68. The van der Waals surface area contributed by atoms with Gasteiger partial charge in [-0.25, -0.2) is 0 Å². The van der Waals surface area contributed by atoms with Crippen molar-refractivity contribution in [1.82, 2.24) is 0 Å². The molecule has 0 aromatic rings. The Hall–Kier alpha value is 0.0969. The number of hydrogen-bond donors (Lipinski definition) is 0. The molecule has 3 nitrogen and oxygen atoms in total. The van der Waals surface area contributed by atoms with Gasteiger partial charge in [0.05, 0.1) is 13.2 Å². The highest BCUT2D eigenvalue weighted by atomic mass is 28.4. The van der Waals surface area contributed by atoms with Crippen LogP contribution in [0.5, 0.6) is 0 Å². The van der Waals surface area contributed by atoms with Crippen molar-refractivity contribution in [1.29, 1.82) is 0 Å². The van der Waals surface area contributed by atoms with Crippen LogP contribution in [0.1, 0.15) is 12.8 Å². The molecular weight excluding hydrogens is 196 g/mol. The standard InChI is InChI=1S/C10H24O3Si/c1-11-8-9-13-7-5-6-10-14(3,4)12-2/h5-10H2,1-4H3. The summed E-state index contributed by atoms with van der Waals surface area (Å²) in [7, 11) is 2.18. The monoisotopic (exact) mass is 220 g/mol. The smallest absolute Gasteiger partial charge is 0.186 e. The maximum Gasteiger partial charge on any atom is 0.186 e. The second-order valence-corrected chi connectivity index (χ2v) is 8.45. The van der Waals surface area contributed by atoms with Gasteiger partial charge >= 0.3 is 0 Å². The van der Waals surface area contributed by atoms with E-state index < -0.39 is 8.32 Å². The topological polar surface area (TPSA) is 27.7 Å². The maximum atomic E-state index is 5.46. The summed E-state index contributed by atoms with van der Waals surface area (Å²) < 4.78 is 15.7. The first kappa shape index (κ1) is 14.1. The van der Waals surface area contributed by atoms with Crippen LogP contribution in [0.2, 0.25) is 19.1 Å². The first-order valence-electron chi connectivity index (χ1n) is 5.24. The molecule has 0 unspecified atom stereocenters. The summed E-state index contributed by atoms with van der Waals surface area (Å²) >= 11 is 0. The average Bonchev–Trinajstić information content (AvgIpc) is 2.16. The molecule has 0 aliphatic carbocycles. The second kappa shape index (κ2) is 8.41. The quantitative estimate of drug-likeness (QED) is 0.441. The first-order valence-corrected chi connectivity index (χ1v) is 8.36. The van der Waals surface area contributed by atoms with Gasteiger partial charge in [-0.3, -0.25) is 0 Å². The van der Waals surface area contributed by atoms with Crippen LogP contribution in [-0.2, 0) is 13.9 Å². The molecule has 0 rings (SSSR count). The molecule has 0 fully saturated rings. The van der Waals surface area contributed by atoms with Gasteiger partial charge in [0.15, 0.2) is 8.32 Å². The lowest BCUT2D eigenvalue weighted by atomic mass is 10.4. The van der Waals surface area contributed by atoms with Gasteiger partial charge in [0.2, 0.25) is 0 Å². The van der Waals surface area contributed by atoms with Gasteiger partial charge in [0, 0.05) is 20.8 Å². The molecule has 0 aromatic carbocycles. The van der Waals surface area contributed by atoms with Crippen LogP contribution >= 0.6 is 0 Å². The van der Waals surface area contributed by atoms with E-state index in [1.165, 1.54) is 12.5 Å². The lowest BCUT2D eigenvalue weighted by molar-refractivity contribution is 0.0691. The molecule has 0 spiro atoms. The molecule has 14 heavy (non-hydrogen) atoms. The van der Waals surface area contributed by atoms with Gasteiger partial charge in [0.1, 0.15) is 0 Å². The maximum absolute atomic E-state index is 5.46. The summed E-state index contributed by atoms with van der Waals surface area (Å²) in [5.41, 5.74) is 0. The van der Waals surface area contributed by atoms with Gasteiger partial charge in [-0.2, -0.15) is 0 Å². The fourth-order valence-electron chi connectivity index (χ4n) is 1.10. The molecule has 4 heteroatoms. The van der Waals surface area contributed by atoms with Gasteiger partial charge in [-0.05, 0) is 25.6 Å². The van der Waals surface area contributed by atoms with Gasteiger partial charge < -0.3 is 13.9 Å². The van der Waals surface area contributed by atoms with Crippen LogP contribution in [-0.4, -0.2) is 42.4 Å². The normalized spacial score (nSPS) is 12.0. The highest BCUT2D eigenvalue weighted by Crippen LogP contribution is 2.13. The number of hydrogen-bond acceptors (Lipinski definition) is 3. The molecule has 0 radical (unpaired) electrons. The zero-order chi connectivity index (χ0) is 10.9. The van der Waals surface area contributed by atoms with Crippen LogP contribution in [0.4, 0.5) is 0 Å². The zero-order valence-electron chi connectivity index (χ0n) is 9.97. The third-order valence-corrected chi connectivity index (χ3v) is 4.96. The van der Waals surface area contributed by atoms with E-state index in [0.717, 1.165) is 13.0 Å². The number of ether oxygens (including phenoxy) is 2. The van der Waals surface area contributed by atoms with Crippen molar-refractivity contribution < 1.29 is 13.9 Å². The molecule has 0 bridgehead atoms. The van der Waals surface area contributed by atoms with Crippen LogP contribution in [0, 0.1) is 0 Å². The predicted molar refractivity (Wildman–Crippen MR) is 61.2 cm³/mol. The molecule has 0 aliphatic rings. The summed E-state index contributed by atoms with van der Waals surface area (Å²) in [4.78, 5) is 0. The highest BCUT2D eigenvalue weighted by Gasteiger charge is 2.19. The number of rotatable bonds is 9. The Morgan fingerprint density at radius 2 is 1.64 bits per heavy atom. The first-order chi connectivity index (χ1) is 6.62. The molecule has 0 N–H and O–H groups in total. The van der Waals surface area contributed by atoms with Crippen LogP contribution in [0.25, 0.3) is 0 Å². The van der Waals surface area contributed by atoms with Crippen molar-refractivity contribution >= 4 is 8.32 Å². The van der Waals surface area contributed by atoms with Crippen molar-refractivity contribution in [2.75, 3.05) is 34.0 Å². The summed E-state index contributed by atoms with van der Waals surface area (Å²) in [6.45, 7) is 6.75. The molecule has 0 heterocycles. The van der Waals surface area contributed by atoms with E-state index in [2.05, 4.69) is 13.1 Å². The molecule has 0 saturated heterocycles. The minimum absolute atomic E-state index is 0.693. The van der Waals surface area contributed by atoms with E-state index in [4.69, 9.17) is 13.9 Å². The Kier molecular flexibility index (Phi) is 8.47. The van der Waals surface area contributed by atoms with E-state index in [9.17, 15) is 0 Å². The number of methoxy groups -OCH3 is 1. The van der Waals surface area contributed by atoms with Gasteiger partial charge in [-0.15, -0.1) is 0 Å². The van der Waals surface area contributed by atoms with Gasteiger partial charge in [0.25, 0.3) is 0 Å². The summed E-state index contributed by atoms with van der Waals surface area (Å²) in [5.74, 6) is 0. The Bertz CT molecular complexity index is 129. The van der Waals surface area contributed by atoms with Gasteiger partial charge in [-0.1, -0.05) is 6.42 Å². The minimum atomic E-state index is -1.33. The van der Waals surface area contributed by atoms with Crippen molar-refractivity contribution in [2.45, 2.75) is 32.0 Å². The summed E-state index contributed by atoms with van der Waals surface area (Å²) in [5, 5.41) is 0. The highest BCUT2D eigenvalue weighted by molar-refractivity contribution is 6.71. The van der Waals surface area contributed by atoms with Crippen molar-refractivity contribution in [2.24, 2.45) is 0 Å². The Morgan fingerprint density at radius 1 is 0.929 bits per heavy atom. The van der Waals surface area contributed by atoms with Crippen molar-refractivity contribution in [3.63, 3.8) is 0 Å². The zero-order valence-corrected chi connectivity index (χ0v) is 11.0. The Balaban J connectivity index is 3.13. The van der Waals surface area contributed by atoms with E-state index in [1.807, 2.05) is 7.11 Å². The molecule has 0 aromatic heterocycles. The van der Waals surface area contributed by atoms with Crippen molar-refractivity contribution in [3.8, 4) is 0 Å². The molecule has 0 aliphatic heterocycles. The predicted octanol–water partition coefficient (Wildman–Crippen LogP) is 2.28. The third-order valence-electron chi connectivity index (χ3n) is 2.30. The fourth-order valence-corrected chi connectivity index (χ4v) is 2.41. The molecule has 0 atom stereocenters. The largest absolute Gasteiger partial charge is 0.420 e. The Morgan fingerprint density at radius 3 is 2.21 bits per heavy atom. The van der Waals surface area contributed by atoms with E-state index in [-0.39, 0.29) is 0 Å². The number of unbranched alkanes of at least 4 members (excludes halogenated alkanes) is 1. The molecule has 0 amide bonds. The van der Waals surface area contributed by atoms with Crippen LogP contribution < -0.4 is 0 Å². The summed E-state index contributed by atoms with van der Waals surface area (Å²) in [6.07, 6.45) is 2.34. The van der Waals surface area contributed by atoms with E-state index in [0.29, 0.717) is 13.2 Å². The summed E-state index contributed by atoms with van der Waals surface area (Å²) in [6, 6.07) is 1.22. The average molecular weight is 220 g/mol. The lowest BCUT2D eigenvalue weighted by Crippen LogP contribution is -2.28. The molecule has 86 valence electrons. The second-order valence-electron chi connectivity index (χ2n) is 4.03. The molecule has 0 saturated carbocycles. The van der Waals surface area contributed by atoms with Crippen LogP contribution in [0.15, 0.2) is 0 Å². The SMILES string of the molecule is COCCOCCCC[Si](C)(C)OC. The van der Waals surface area contributed by atoms with Crippen LogP contribution in [0.3, 0.4) is 0 Å². The lowest BCUT2D eigenvalue weighted by Gasteiger charge is -2.19. The molecular formula is C10H24O3Si.